The van der Waals surface area contributed by atoms with E-state index in [0.717, 1.165) is 11.8 Å². The smallest absolute Gasteiger partial charge is 0.184 e. The first-order chi connectivity index (χ1) is 6.36. The molecule has 0 heterocycles. The van der Waals surface area contributed by atoms with Gasteiger partial charge in [-0.25, -0.2) is 0 Å². The summed E-state index contributed by atoms with van der Waals surface area (Å²) in [6.45, 7) is 2.37. The summed E-state index contributed by atoms with van der Waals surface area (Å²) in [5.41, 5.74) is 1.52. The van der Waals surface area contributed by atoms with Crippen LogP contribution < -0.4 is 0 Å². The second-order valence-corrected chi connectivity index (χ2v) is 4.29. The first-order valence-corrected chi connectivity index (χ1v) is 5.32. The van der Waals surface area contributed by atoms with E-state index in [9.17, 15) is 0 Å². The minimum atomic E-state index is 0. The Labute approximate surface area is 112 Å². The van der Waals surface area contributed by atoms with Gasteiger partial charge in [-0.15, -0.1) is 0 Å². The molecule has 0 amide bonds. The molecule has 1 aromatic carbocycles. The van der Waals surface area contributed by atoms with Crippen molar-refractivity contribution in [2.45, 2.75) is 38.5 Å². The monoisotopic (exact) mass is 262 g/mol. The quantitative estimate of drug-likeness (QED) is 0.676. The molecular weight excluding hydrogens is 245 g/mol. The van der Waals surface area contributed by atoms with Crippen molar-refractivity contribution in [3.05, 3.63) is 35.9 Å². The Morgan fingerprint density at radius 3 is 2.21 bits per heavy atom. The van der Waals surface area contributed by atoms with E-state index in [0.29, 0.717) is 0 Å². The molecule has 0 aromatic heterocycles. The molecule has 0 N–H and O–H groups in total. The largest absolute Gasteiger partial charge is 3.00 e. The Morgan fingerprint density at radius 1 is 1.07 bits per heavy atom. The number of rotatable bonds is 1. The van der Waals surface area contributed by atoms with E-state index in [-0.39, 0.29) is 32.7 Å². The van der Waals surface area contributed by atoms with Gasteiger partial charge in [-0.3, -0.25) is 0 Å². The average Bonchev–Trinajstić information content (AvgIpc) is 2.20. The predicted octanol–water partition coefficient (Wildman–Crippen LogP) is 3.78. The van der Waals surface area contributed by atoms with Gasteiger partial charge in [0.15, 0.2) is 0 Å². The average molecular weight is 262 g/mol. The zero-order chi connectivity index (χ0) is 9.10. The fourth-order valence-corrected chi connectivity index (χ4v) is 2.27. The second kappa shape index (κ2) is 6.03. The third-order valence-corrected chi connectivity index (χ3v) is 3.23. The summed E-state index contributed by atoms with van der Waals surface area (Å²) in [5, 5.41) is 0. The molecule has 1 fully saturated rings. The van der Waals surface area contributed by atoms with Gasteiger partial charge in [0.25, 0.3) is 0 Å². The van der Waals surface area contributed by atoms with Crippen LogP contribution in [0.5, 0.6) is 0 Å². The molecule has 1 aliphatic carbocycles. The van der Waals surface area contributed by atoms with Crippen LogP contribution in [-0.2, 0) is 32.7 Å². The van der Waals surface area contributed by atoms with Crippen LogP contribution in [0, 0.1) is 12.0 Å². The molecule has 14 heavy (non-hydrogen) atoms. The van der Waals surface area contributed by atoms with Crippen molar-refractivity contribution in [1.29, 1.82) is 0 Å². The van der Waals surface area contributed by atoms with E-state index < -0.39 is 0 Å². The van der Waals surface area contributed by atoms with Crippen molar-refractivity contribution < 1.29 is 32.7 Å². The number of hydrogen-bond acceptors (Lipinski definition) is 0. The summed E-state index contributed by atoms with van der Waals surface area (Å²) in [5.74, 6) is 1.78. The van der Waals surface area contributed by atoms with Crippen LogP contribution in [0.2, 0.25) is 0 Å². The summed E-state index contributed by atoms with van der Waals surface area (Å²) in [4.78, 5) is 0. The van der Waals surface area contributed by atoms with Gasteiger partial charge in [0.1, 0.15) is 0 Å². The van der Waals surface area contributed by atoms with Crippen LogP contribution >= 0.6 is 0 Å². The SMILES string of the molecule is CC1CCC(c2cc[c-]cc2)CC1.[Y+3]. The Kier molecular flexibility index (Phi) is 5.34. The zero-order valence-corrected chi connectivity index (χ0v) is 11.7. The van der Waals surface area contributed by atoms with E-state index in [1.165, 1.54) is 31.2 Å². The molecular formula is C13H17Y+2. The Morgan fingerprint density at radius 2 is 1.64 bits per heavy atom. The van der Waals surface area contributed by atoms with E-state index >= 15 is 0 Å². The molecule has 1 saturated carbocycles. The zero-order valence-electron chi connectivity index (χ0n) is 8.87. The fourth-order valence-electron chi connectivity index (χ4n) is 2.27. The van der Waals surface area contributed by atoms with Crippen LogP contribution in [-0.4, -0.2) is 0 Å². The van der Waals surface area contributed by atoms with Gasteiger partial charge in [0, 0.05) is 0 Å². The molecule has 0 spiro atoms. The summed E-state index contributed by atoms with van der Waals surface area (Å²) in [6.07, 6.45) is 5.57. The topological polar surface area (TPSA) is 0 Å². The molecule has 2 rings (SSSR count). The maximum absolute atomic E-state index is 3.08. The minimum Gasteiger partial charge on any atom is -0.184 e. The first-order valence-electron chi connectivity index (χ1n) is 5.32. The molecule has 0 aliphatic heterocycles. The van der Waals surface area contributed by atoms with E-state index in [1.807, 2.05) is 12.1 Å². The molecule has 0 bridgehead atoms. The van der Waals surface area contributed by atoms with Gasteiger partial charge in [0.2, 0.25) is 0 Å². The molecule has 0 atom stereocenters. The van der Waals surface area contributed by atoms with E-state index in [4.69, 9.17) is 0 Å². The van der Waals surface area contributed by atoms with Crippen LogP contribution in [0.25, 0.3) is 0 Å². The molecule has 0 saturated heterocycles. The molecule has 1 heteroatoms. The van der Waals surface area contributed by atoms with E-state index in [1.54, 1.807) is 0 Å². The summed E-state index contributed by atoms with van der Waals surface area (Å²) in [7, 11) is 0. The molecule has 1 aliphatic rings. The Balaban J connectivity index is 0.000000980. The van der Waals surface area contributed by atoms with Crippen LogP contribution in [0.3, 0.4) is 0 Å². The first kappa shape index (κ1) is 12.4. The minimum absolute atomic E-state index is 0. The van der Waals surface area contributed by atoms with E-state index in [2.05, 4.69) is 25.1 Å². The standard InChI is InChI=1S/C13H17.Y/c1-11-7-9-13(10-8-11)12-5-3-2-4-6-12;/h3-6,11,13H,7-10H2,1H3;/q-1;+3. The third kappa shape index (κ3) is 3.17. The van der Waals surface area contributed by atoms with Gasteiger partial charge < -0.3 is 0 Å². The van der Waals surface area contributed by atoms with Crippen molar-refractivity contribution in [3.63, 3.8) is 0 Å². The number of benzene rings is 1. The fraction of sp³-hybridized carbons (Fsp3) is 0.538. The van der Waals surface area contributed by atoms with Crippen molar-refractivity contribution in [2.75, 3.05) is 0 Å². The Bertz CT molecular complexity index is 247. The molecule has 70 valence electrons. The maximum Gasteiger partial charge on any atom is 3.00 e. The maximum atomic E-state index is 3.08. The number of hydrogen-bond donors (Lipinski definition) is 0. The predicted molar refractivity (Wildman–Crippen MR) is 55.7 cm³/mol. The van der Waals surface area contributed by atoms with Gasteiger partial charge in [-0.05, 0) is 24.7 Å². The van der Waals surface area contributed by atoms with Gasteiger partial charge >= 0.3 is 32.7 Å². The third-order valence-electron chi connectivity index (χ3n) is 3.23. The summed E-state index contributed by atoms with van der Waals surface area (Å²) >= 11 is 0. The summed E-state index contributed by atoms with van der Waals surface area (Å²) < 4.78 is 0. The Hall–Kier alpha value is 0.324. The van der Waals surface area contributed by atoms with Gasteiger partial charge in [0.05, 0.1) is 0 Å². The molecule has 1 aromatic rings. The van der Waals surface area contributed by atoms with Gasteiger partial charge in [-0.2, -0.15) is 35.9 Å². The van der Waals surface area contributed by atoms with Crippen LogP contribution in [0.4, 0.5) is 0 Å². The molecule has 0 unspecified atom stereocenters. The van der Waals surface area contributed by atoms with Crippen molar-refractivity contribution in [3.8, 4) is 0 Å². The van der Waals surface area contributed by atoms with Crippen LogP contribution in [0.1, 0.15) is 44.1 Å². The van der Waals surface area contributed by atoms with Gasteiger partial charge in [-0.1, -0.05) is 19.8 Å². The molecule has 0 nitrogen and oxygen atoms in total. The van der Waals surface area contributed by atoms with Crippen molar-refractivity contribution in [2.24, 2.45) is 5.92 Å². The van der Waals surface area contributed by atoms with Crippen LogP contribution in [0.15, 0.2) is 24.3 Å². The molecule has 0 radical (unpaired) electrons. The summed E-state index contributed by atoms with van der Waals surface area (Å²) in [6, 6.07) is 11.6. The second-order valence-electron chi connectivity index (χ2n) is 4.29. The van der Waals surface area contributed by atoms with Crippen molar-refractivity contribution in [1.82, 2.24) is 0 Å². The van der Waals surface area contributed by atoms with Crippen molar-refractivity contribution >= 4 is 0 Å². The normalized spacial score (nSPS) is 26.6.